The second kappa shape index (κ2) is 7.31. The molecule has 0 aromatic heterocycles. The van der Waals surface area contributed by atoms with Crippen molar-refractivity contribution >= 4 is 11.8 Å². The van der Waals surface area contributed by atoms with E-state index in [0.717, 1.165) is 12.5 Å². The van der Waals surface area contributed by atoms with Crippen molar-refractivity contribution in [3.63, 3.8) is 0 Å². The maximum absolute atomic E-state index is 5.10. The van der Waals surface area contributed by atoms with Crippen molar-refractivity contribution < 1.29 is 4.74 Å². The first-order chi connectivity index (χ1) is 3.91. The van der Waals surface area contributed by atoms with Crippen LogP contribution in [0.15, 0.2) is 0 Å². The zero-order valence-electron chi connectivity index (χ0n) is 5.64. The Morgan fingerprint density at radius 2 is 2.12 bits per heavy atom. The Labute approximate surface area is 55.8 Å². The van der Waals surface area contributed by atoms with E-state index in [2.05, 4.69) is 6.92 Å². The third-order valence-electron chi connectivity index (χ3n) is 0.719. The van der Waals surface area contributed by atoms with Crippen molar-refractivity contribution in [1.82, 2.24) is 0 Å². The summed E-state index contributed by atoms with van der Waals surface area (Å²) in [6.07, 6.45) is 1.25. The summed E-state index contributed by atoms with van der Waals surface area (Å²) in [6, 6.07) is 0. The van der Waals surface area contributed by atoms with E-state index < -0.39 is 0 Å². The number of ether oxygens (including phenoxy) is 1. The Morgan fingerprint density at radius 3 is 2.62 bits per heavy atom. The molecule has 1 nitrogen and oxygen atoms in total. The van der Waals surface area contributed by atoms with E-state index in [0.29, 0.717) is 0 Å². The van der Waals surface area contributed by atoms with E-state index in [-0.39, 0.29) is 0 Å². The van der Waals surface area contributed by atoms with E-state index in [4.69, 9.17) is 4.74 Å². The predicted octanol–water partition coefficient (Wildman–Crippen LogP) is 2.12. The summed E-state index contributed by atoms with van der Waals surface area (Å²) in [5.74, 6) is 2.09. The summed E-state index contributed by atoms with van der Waals surface area (Å²) in [4.78, 5) is 0. The number of thioether (sulfide) groups is 1. The van der Waals surface area contributed by atoms with Crippen molar-refractivity contribution in [3.05, 3.63) is 0 Å². The van der Waals surface area contributed by atoms with Gasteiger partial charge in [0, 0.05) is 6.61 Å². The first-order valence-corrected chi connectivity index (χ1v) is 4.22. The molecule has 8 heavy (non-hydrogen) atoms. The van der Waals surface area contributed by atoms with E-state index in [1.807, 2.05) is 18.7 Å². The van der Waals surface area contributed by atoms with Crippen LogP contribution in [0.4, 0.5) is 0 Å². The first-order valence-electron chi connectivity index (χ1n) is 3.07. The molecule has 0 atom stereocenters. The lowest BCUT2D eigenvalue weighted by Crippen LogP contribution is -1.88. The van der Waals surface area contributed by atoms with Crippen LogP contribution >= 0.6 is 11.8 Å². The van der Waals surface area contributed by atoms with Crippen molar-refractivity contribution in [3.8, 4) is 0 Å². The SMILES string of the molecule is CCCSCOCC. The van der Waals surface area contributed by atoms with E-state index in [1.165, 1.54) is 12.2 Å². The van der Waals surface area contributed by atoms with Gasteiger partial charge in [-0.3, -0.25) is 0 Å². The van der Waals surface area contributed by atoms with E-state index in [1.54, 1.807) is 0 Å². The first kappa shape index (κ1) is 8.31. The average Bonchev–Trinajstić information content (AvgIpc) is 1.81. The monoisotopic (exact) mass is 134 g/mol. The molecule has 0 aliphatic rings. The minimum absolute atomic E-state index is 0.844. The summed E-state index contributed by atoms with van der Waals surface area (Å²) in [7, 11) is 0. The minimum Gasteiger partial charge on any atom is -0.371 e. The molecule has 50 valence electrons. The number of hydrogen-bond donors (Lipinski definition) is 0. The third kappa shape index (κ3) is 6.31. The molecule has 0 spiro atoms. The summed E-state index contributed by atoms with van der Waals surface area (Å²) in [5.41, 5.74) is 0. The molecule has 0 aliphatic heterocycles. The summed E-state index contributed by atoms with van der Waals surface area (Å²) >= 11 is 1.86. The molecule has 0 heterocycles. The molecular formula is C6H14OS. The van der Waals surface area contributed by atoms with E-state index >= 15 is 0 Å². The molecule has 0 saturated carbocycles. The van der Waals surface area contributed by atoms with Crippen molar-refractivity contribution in [2.75, 3.05) is 18.3 Å². The van der Waals surface area contributed by atoms with Crippen LogP contribution in [0.1, 0.15) is 20.3 Å². The molecule has 2 heteroatoms. The summed E-state index contributed by atoms with van der Waals surface area (Å²) in [6.45, 7) is 5.04. The fraction of sp³-hybridized carbons (Fsp3) is 1.00. The van der Waals surface area contributed by atoms with Crippen molar-refractivity contribution in [2.45, 2.75) is 20.3 Å². The van der Waals surface area contributed by atoms with Gasteiger partial charge in [-0.2, -0.15) is 0 Å². The minimum atomic E-state index is 0.844. The average molecular weight is 134 g/mol. The number of rotatable bonds is 5. The molecule has 0 bridgehead atoms. The van der Waals surface area contributed by atoms with Gasteiger partial charge in [0.2, 0.25) is 0 Å². The third-order valence-corrected chi connectivity index (χ3v) is 1.75. The van der Waals surface area contributed by atoms with Gasteiger partial charge in [0.05, 0.1) is 5.94 Å². The highest BCUT2D eigenvalue weighted by molar-refractivity contribution is 7.99. The molecule has 0 aromatic rings. The Hall–Kier alpha value is 0.310. The molecule has 0 N–H and O–H groups in total. The highest BCUT2D eigenvalue weighted by atomic mass is 32.2. The maximum atomic E-state index is 5.10. The molecule has 0 amide bonds. The van der Waals surface area contributed by atoms with Crippen molar-refractivity contribution in [1.29, 1.82) is 0 Å². The highest BCUT2D eigenvalue weighted by Crippen LogP contribution is 2.00. The normalized spacial score (nSPS) is 9.75. The predicted molar refractivity (Wildman–Crippen MR) is 39.2 cm³/mol. The lowest BCUT2D eigenvalue weighted by atomic mass is 10.6. The summed E-state index contributed by atoms with van der Waals surface area (Å²) < 4.78 is 5.10. The molecular weight excluding hydrogens is 120 g/mol. The van der Waals surface area contributed by atoms with Crippen LogP contribution < -0.4 is 0 Å². The van der Waals surface area contributed by atoms with Gasteiger partial charge >= 0.3 is 0 Å². The van der Waals surface area contributed by atoms with Crippen molar-refractivity contribution in [2.24, 2.45) is 0 Å². The van der Waals surface area contributed by atoms with Gasteiger partial charge in [-0.05, 0) is 19.1 Å². The van der Waals surface area contributed by atoms with E-state index in [9.17, 15) is 0 Å². The smallest absolute Gasteiger partial charge is 0.0920 e. The molecule has 0 rings (SSSR count). The van der Waals surface area contributed by atoms with Crippen LogP contribution in [-0.2, 0) is 4.74 Å². The largest absolute Gasteiger partial charge is 0.371 e. The highest BCUT2D eigenvalue weighted by Gasteiger charge is 1.82. The Kier molecular flexibility index (Phi) is 7.59. The Morgan fingerprint density at radius 1 is 1.38 bits per heavy atom. The fourth-order valence-electron chi connectivity index (χ4n) is 0.346. The van der Waals surface area contributed by atoms with Crippen LogP contribution in [0, 0.1) is 0 Å². The maximum Gasteiger partial charge on any atom is 0.0920 e. The van der Waals surface area contributed by atoms with Gasteiger partial charge in [0.15, 0.2) is 0 Å². The van der Waals surface area contributed by atoms with Crippen LogP contribution in [-0.4, -0.2) is 18.3 Å². The molecule has 0 radical (unpaired) electrons. The zero-order valence-corrected chi connectivity index (χ0v) is 6.46. The van der Waals surface area contributed by atoms with Crippen LogP contribution in [0.3, 0.4) is 0 Å². The molecule has 0 saturated heterocycles. The van der Waals surface area contributed by atoms with Gasteiger partial charge in [-0.15, -0.1) is 11.8 Å². The van der Waals surface area contributed by atoms with Gasteiger partial charge in [-0.25, -0.2) is 0 Å². The topological polar surface area (TPSA) is 9.23 Å². The fourth-order valence-corrected chi connectivity index (χ4v) is 1.04. The second-order valence-corrected chi connectivity index (χ2v) is 2.57. The standard InChI is InChI=1S/C6H14OS/c1-3-5-8-6-7-4-2/h3-6H2,1-2H3. The van der Waals surface area contributed by atoms with Crippen LogP contribution in [0.5, 0.6) is 0 Å². The number of hydrogen-bond acceptors (Lipinski definition) is 2. The Balaban J connectivity index is 2.53. The summed E-state index contributed by atoms with van der Waals surface area (Å²) in [5, 5.41) is 0. The van der Waals surface area contributed by atoms with Gasteiger partial charge in [-0.1, -0.05) is 6.92 Å². The molecule has 0 fully saturated rings. The Bertz CT molecular complexity index is 33.5. The quantitative estimate of drug-likeness (QED) is 0.421. The lowest BCUT2D eigenvalue weighted by molar-refractivity contribution is 0.199. The van der Waals surface area contributed by atoms with Gasteiger partial charge < -0.3 is 4.74 Å². The second-order valence-electron chi connectivity index (χ2n) is 1.52. The van der Waals surface area contributed by atoms with Gasteiger partial charge in [0.25, 0.3) is 0 Å². The van der Waals surface area contributed by atoms with Gasteiger partial charge in [0.1, 0.15) is 0 Å². The lowest BCUT2D eigenvalue weighted by Gasteiger charge is -1.96. The molecule has 0 aliphatic carbocycles. The van der Waals surface area contributed by atoms with Crippen LogP contribution in [0.25, 0.3) is 0 Å². The molecule has 0 unspecified atom stereocenters. The van der Waals surface area contributed by atoms with Crippen LogP contribution in [0.2, 0.25) is 0 Å². The molecule has 0 aromatic carbocycles. The zero-order chi connectivity index (χ0) is 6.24.